The highest BCUT2D eigenvalue weighted by Gasteiger charge is 2.19. The van der Waals surface area contributed by atoms with Crippen molar-refractivity contribution in [3.05, 3.63) is 59.7 Å². The molecule has 2 aromatic carbocycles. The summed E-state index contributed by atoms with van der Waals surface area (Å²) in [5.41, 5.74) is 3.04. The molecule has 0 aliphatic heterocycles. The third-order valence-electron chi connectivity index (χ3n) is 4.08. The van der Waals surface area contributed by atoms with Crippen LogP contribution in [0.3, 0.4) is 0 Å². The van der Waals surface area contributed by atoms with Gasteiger partial charge in [-0.2, -0.15) is 0 Å². The molecule has 0 atom stereocenters. The summed E-state index contributed by atoms with van der Waals surface area (Å²) in [7, 11) is -3.43. The summed E-state index contributed by atoms with van der Waals surface area (Å²) in [6, 6.07) is 14.4. The molecule has 4 nitrogen and oxygen atoms in total. The number of nitrogens with one attached hydrogen (secondary N) is 1. The normalized spacial score (nSPS) is 13.6. The number of para-hydroxylation sites is 1. The van der Waals surface area contributed by atoms with Gasteiger partial charge in [0.15, 0.2) is 9.84 Å². The van der Waals surface area contributed by atoms with Gasteiger partial charge in [0.1, 0.15) is 0 Å². The Labute approximate surface area is 136 Å². The Kier molecular flexibility index (Phi) is 4.48. The third-order valence-corrected chi connectivity index (χ3v) is 5.80. The highest BCUT2D eigenvalue weighted by molar-refractivity contribution is 7.91. The molecule has 0 saturated carbocycles. The van der Waals surface area contributed by atoms with Gasteiger partial charge in [-0.25, -0.2) is 8.42 Å². The van der Waals surface area contributed by atoms with Crippen molar-refractivity contribution < 1.29 is 13.2 Å². The predicted molar refractivity (Wildman–Crippen MR) is 90.2 cm³/mol. The maximum Gasteiger partial charge on any atom is 0.225 e. The molecule has 1 aliphatic carbocycles. The van der Waals surface area contributed by atoms with E-state index in [1.807, 2.05) is 24.3 Å². The van der Waals surface area contributed by atoms with E-state index < -0.39 is 9.84 Å². The van der Waals surface area contributed by atoms with Crippen molar-refractivity contribution in [1.82, 2.24) is 0 Å². The maximum absolute atomic E-state index is 12.4. The molecule has 0 heterocycles. The van der Waals surface area contributed by atoms with Gasteiger partial charge in [-0.15, -0.1) is 0 Å². The lowest BCUT2D eigenvalue weighted by Gasteiger charge is -2.08. The molecule has 1 amide bonds. The second kappa shape index (κ2) is 6.54. The van der Waals surface area contributed by atoms with E-state index in [1.54, 1.807) is 24.3 Å². The summed E-state index contributed by atoms with van der Waals surface area (Å²) in [5, 5.41) is 2.70. The molecule has 2 aromatic rings. The fourth-order valence-electron chi connectivity index (χ4n) is 2.83. The number of aryl methyl sites for hydroxylation is 2. The van der Waals surface area contributed by atoms with Gasteiger partial charge in [0.05, 0.1) is 10.6 Å². The standard InChI is InChI=1S/C18H19NO3S/c20-18(19-16-7-2-1-3-8-16)11-12-23(21,22)17-10-9-14-5-4-6-15(14)13-17/h1-3,7-10,13H,4-6,11-12H2,(H,19,20). The lowest BCUT2D eigenvalue weighted by atomic mass is 10.1. The van der Waals surface area contributed by atoms with Crippen LogP contribution in [0.2, 0.25) is 0 Å². The molecule has 23 heavy (non-hydrogen) atoms. The Bertz CT molecular complexity index is 813. The molecule has 0 radical (unpaired) electrons. The fraction of sp³-hybridized carbons (Fsp3) is 0.278. The van der Waals surface area contributed by atoms with E-state index in [1.165, 1.54) is 5.56 Å². The summed E-state index contributed by atoms with van der Waals surface area (Å²) < 4.78 is 24.8. The smallest absolute Gasteiger partial charge is 0.225 e. The molecule has 0 spiro atoms. The molecule has 0 bridgehead atoms. The van der Waals surface area contributed by atoms with E-state index in [-0.39, 0.29) is 18.1 Å². The zero-order valence-electron chi connectivity index (χ0n) is 12.8. The van der Waals surface area contributed by atoms with Crippen LogP contribution in [0.1, 0.15) is 24.0 Å². The molecule has 5 heteroatoms. The first-order chi connectivity index (χ1) is 11.0. The van der Waals surface area contributed by atoms with Gasteiger partial charge in [-0.05, 0) is 54.7 Å². The molecule has 120 valence electrons. The van der Waals surface area contributed by atoms with Gasteiger partial charge in [-0.1, -0.05) is 24.3 Å². The Balaban J connectivity index is 1.64. The molecule has 1 N–H and O–H groups in total. The van der Waals surface area contributed by atoms with Gasteiger partial charge >= 0.3 is 0 Å². The lowest BCUT2D eigenvalue weighted by Crippen LogP contribution is -2.17. The summed E-state index contributed by atoms with van der Waals surface area (Å²) in [6.07, 6.45) is 2.99. The van der Waals surface area contributed by atoms with Crippen LogP contribution >= 0.6 is 0 Å². The first-order valence-electron chi connectivity index (χ1n) is 7.74. The molecular formula is C18H19NO3S. The number of carbonyl (C=O) groups excluding carboxylic acids is 1. The maximum atomic E-state index is 12.4. The Morgan fingerprint density at radius 2 is 1.74 bits per heavy atom. The van der Waals surface area contributed by atoms with Gasteiger partial charge < -0.3 is 5.32 Å². The molecule has 1 aliphatic rings. The number of carbonyl (C=O) groups is 1. The van der Waals surface area contributed by atoms with Crippen LogP contribution in [0.4, 0.5) is 5.69 Å². The van der Waals surface area contributed by atoms with Crippen LogP contribution in [-0.2, 0) is 27.5 Å². The van der Waals surface area contributed by atoms with Crippen LogP contribution in [0.5, 0.6) is 0 Å². The number of rotatable bonds is 5. The minimum atomic E-state index is -3.43. The Morgan fingerprint density at radius 1 is 1.00 bits per heavy atom. The van der Waals surface area contributed by atoms with Gasteiger partial charge in [0.25, 0.3) is 0 Å². The SMILES string of the molecule is O=C(CCS(=O)(=O)c1ccc2c(c1)CCC2)Nc1ccccc1. The molecule has 0 aromatic heterocycles. The molecule has 0 fully saturated rings. The topological polar surface area (TPSA) is 63.2 Å². The summed E-state index contributed by atoms with van der Waals surface area (Å²) in [5.74, 6) is -0.467. The summed E-state index contributed by atoms with van der Waals surface area (Å²) >= 11 is 0. The van der Waals surface area contributed by atoms with Crippen molar-refractivity contribution in [2.75, 3.05) is 11.1 Å². The van der Waals surface area contributed by atoms with Crippen LogP contribution in [0.15, 0.2) is 53.4 Å². The molecule has 0 saturated heterocycles. The van der Waals surface area contributed by atoms with Crippen LogP contribution in [0.25, 0.3) is 0 Å². The molecule has 3 rings (SSSR count). The second-order valence-electron chi connectivity index (χ2n) is 5.77. The monoisotopic (exact) mass is 329 g/mol. The second-order valence-corrected chi connectivity index (χ2v) is 7.88. The Morgan fingerprint density at radius 3 is 2.52 bits per heavy atom. The number of benzene rings is 2. The van der Waals surface area contributed by atoms with Crippen molar-refractivity contribution >= 4 is 21.4 Å². The lowest BCUT2D eigenvalue weighted by molar-refractivity contribution is -0.115. The van der Waals surface area contributed by atoms with Gasteiger partial charge in [0.2, 0.25) is 5.91 Å². The van der Waals surface area contributed by atoms with Crippen LogP contribution in [0, 0.1) is 0 Å². The fourth-order valence-corrected chi connectivity index (χ4v) is 4.12. The predicted octanol–water partition coefficient (Wildman–Crippen LogP) is 2.98. The van der Waals surface area contributed by atoms with Crippen LogP contribution < -0.4 is 5.32 Å². The minimum Gasteiger partial charge on any atom is -0.326 e. The van der Waals surface area contributed by atoms with Gasteiger partial charge in [0, 0.05) is 12.1 Å². The summed E-state index contributed by atoms with van der Waals surface area (Å²) in [6.45, 7) is 0. The number of anilines is 1. The van der Waals surface area contributed by atoms with E-state index in [9.17, 15) is 13.2 Å². The summed E-state index contributed by atoms with van der Waals surface area (Å²) in [4.78, 5) is 12.2. The van der Waals surface area contributed by atoms with Crippen molar-refractivity contribution in [2.45, 2.75) is 30.6 Å². The third kappa shape index (κ3) is 3.79. The average molecular weight is 329 g/mol. The van der Waals surface area contributed by atoms with Gasteiger partial charge in [-0.3, -0.25) is 4.79 Å². The van der Waals surface area contributed by atoms with Crippen molar-refractivity contribution in [2.24, 2.45) is 0 Å². The zero-order chi connectivity index (χ0) is 16.3. The zero-order valence-corrected chi connectivity index (χ0v) is 13.6. The number of sulfone groups is 1. The molecule has 0 unspecified atom stereocenters. The van der Waals surface area contributed by atoms with E-state index in [4.69, 9.17) is 0 Å². The van der Waals surface area contributed by atoms with Crippen molar-refractivity contribution in [1.29, 1.82) is 0 Å². The number of hydrogen-bond donors (Lipinski definition) is 1. The van der Waals surface area contributed by atoms with Crippen LogP contribution in [-0.4, -0.2) is 20.1 Å². The first kappa shape index (κ1) is 15.7. The minimum absolute atomic E-state index is 0.0473. The van der Waals surface area contributed by atoms with E-state index >= 15 is 0 Å². The highest BCUT2D eigenvalue weighted by Crippen LogP contribution is 2.25. The number of fused-ring (bicyclic) bond motifs is 1. The quantitative estimate of drug-likeness (QED) is 0.917. The number of hydrogen-bond acceptors (Lipinski definition) is 3. The molecular weight excluding hydrogens is 310 g/mol. The van der Waals surface area contributed by atoms with E-state index in [0.717, 1.165) is 24.8 Å². The van der Waals surface area contributed by atoms with Crippen molar-refractivity contribution in [3.63, 3.8) is 0 Å². The first-order valence-corrected chi connectivity index (χ1v) is 9.39. The Hall–Kier alpha value is -2.14. The average Bonchev–Trinajstić information content (AvgIpc) is 3.02. The number of amides is 1. The highest BCUT2D eigenvalue weighted by atomic mass is 32.2. The largest absolute Gasteiger partial charge is 0.326 e. The van der Waals surface area contributed by atoms with Crippen molar-refractivity contribution in [3.8, 4) is 0 Å². The van der Waals surface area contributed by atoms with E-state index in [0.29, 0.717) is 10.6 Å². The van der Waals surface area contributed by atoms with E-state index in [2.05, 4.69) is 5.32 Å².